The zero-order valence-electron chi connectivity index (χ0n) is 36.8. The number of ketones is 1. The molecule has 318 valence electrons. The number of aromatic nitrogens is 3. The minimum Gasteiger partial charge on any atom is -0.479 e. The Hall–Kier alpha value is -5.05. The average Bonchev–Trinajstić information content (AvgIpc) is 3.65. The number of benzene rings is 3. The third-order valence-electron chi connectivity index (χ3n) is 11.7. The van der Waals surface area contributed by atoms with Crippen LogP contribution in [-0.2, 0) is 25.6 Å². The number of fused-ring (bicyclic) bond motifs is 5. The third-order valence-corrected chi connectivity index (χ3v) is 19.5. The summed E-state index contributed by atoms with van der Waals surface area (Å²) >= 11 is 0. The molecule has 1 aliphatic carbocycles. The molecule has 0 radical (unpaired) electrons. The third kappa shape index (κ3) is 7.09. The van der Waals surface area contributed by atoms with Gasteiger partial charge in [-0.1, -0.05) is 83.5 Å². The average molecular weight is 853 g/mol. The van der Waals surface area contributed by atoms with Crippen molar-refractivity contribution in [3.63, 3.8) is 0 Å². The molecule has 0 saturated carbocycles. The molecule has 0 N–H and O–H groups in total. The first-order chi connectivity index (χ1) is 28.0. The van der Waals surface area contributed by atoms with E-state index in [4.69, 9.17) is 28.6 Å². The van der Waals surface area contributed by atoms with Gasteiger partial charge in [0.25, 0.3) is 10.0 Å². The minimum absolute atomic E-state index is 0.0109. The molecule has 1 aliphatic heterocycles. The first kappa shape index (κ1) is 43.0. The first-order valence-electron chi connectivity index (χ1n) is 20.5. The van der Waals surface area contributed by atoms with Crippen LogP contribution in [0.5, 0.6) is 11.6 Å². The van der Waals surface area contributed by atoms with Gasteiger partial charge in [-0.3, -0.25) is 4.79 Å². The summed E-state index contributed by atoms with van der Waals surface area (Å²) in [6.45, 7) is 23.9. The van der Waals surface area contributed by atoms with E-state index < -0.39 is 47.6 Å². The topological polar surface area (TPSA) is 139 Å². The van der Waals surface area contributed by atoms with Crippen molar-refractivity contribution in [2.24, 2.45) is 0 Å². The monoisotopic (exact) mass is 852 g/mol. The van der Waals surface area contributed by atoms with E-state index in [2.05, 4.69) is 41.5 Å². The molecular formula is C46H56N4O8SSi. The van der Waals surface area contributed by atoms with Crippen LogP contribution in [0, 0.1) is 6.92 Å². The van der Waals surface area contributed by atoms with Crippen LogP contribution in [0.1, 0.15) is 115 Å². The van der Waals surface area contributed by atoms with Gasteiger partial charge in [-0.2, -0.15) is 0 Å². The highest BCUT2D eigenvalue weighted by atomic mass is 32.2. The van der Waals surface area contributed by atoms with Crippen molar-refractivity contribution in [1.82, 2.24) is 13.9 Å². The molecule has 0 saturated heterocycles. The number of para-hydroxylation sites is 1. The normalized spacial score (nSPS) is 16.5. The lowest BCUT2D eigenvalue weighted by Crippen LogP contribution is -2.50. The Balaban J connectivity index is 1.51. The number of carbonyl (C=O) groups is 2. The molecule has 60 heavy (non-hydrogen) atoms. The zero-order chi connectivity index (χ0) is 43.9. The van der Waals surface area contributed by atoms with Crippen molar-refractivity contribution in [3.05, 3.63) is 94.9 Å². The van der Waals surface area contributed by atoms with Crippen LogP contribution in [-0.4, -0.2) is 61.0 Å². The molecule has 1 unspecified atom stereocenters. The summed E-state index contributed by atoms with van der Waals surface area (Å²) in [5.41, 5.74) is 2.11. The van der Waals surface area contributed by atoms with Gasteiger partial charge in [-0.15, -0.1) is 0 Å². The lowest BCUT2D eigenvalue weighted by molar-refractivity contribution is 0.0431. The van der Waals surface area contributed by atoms with E-state index in [-0.39, 0.29) is 56.5 Å². The number of aryl methyl sites for hydroxylation is 1. The van der Waals surface area contributed by atoms with E-state index in [0.717, 1.165) is 5.56 Å². The van der Waals surface area contributed by atoms with Crippen LogP contribution in [0.25, 0.3) is 22.2 Å². The Morgan fingerprint density at radius 1 is 0.917 bits per heavy atom. The smallest absolute Gasteiger partial charge is 0.418 e. The maximum Gasteiger partial charge on any atom is 0.418 e. The number of carbonyl (C=O) groups excluding carboxylic acids is 2. The molecule has 2 aliphatic rings. The molecule has 1 amide bonds. The van der Waals surface area contributed by atoms with Crippen molar-refractivity contribution in [2.45, 2.75) is 128 Å². The number of anilines is 1. The summed E-state index contributed by atoms with van der Waals surface area (Å²) in [7, 11) is -5.30. The van der Waals surface area contributed by atoms with Gasteiger partial charge >= 0.3 is 6.09 Å². The molecule has 5 aromatic rings. The zero-order valence-corrected chi connectivity index (χ0v) is 38.6. The summed E-state index contributed by atoms with van der Waals surface area (Å²) in [5.74, 6) is -0.105. The number of ether oxygens (including phenoxy) is 3. The lowest BCUT2D eigenvalue weighted by atomic mass is 9.97. The molecule has 1 atom stereocenters. The molecule has 3 aromatic carbocycles. The Morgan fingerprint density at radius 3 is 2.15 bits per heavy atom. The van der Waals surface area contributed by atoms with E-state index >= 15 is 4.79 Å². The van der Waals surface area contributed by atoms with Gasteiger partial charge in [-0.25, -0.2) is 32.1 Å². The van der Waals surface area contributed by atoms with Gasteiger partial charge in [0, 0.05) is 23.6 Å². The van der Waals surface area contributed by atoms with Crippen LogP contribution in [0.3, 0.4) is 0 Å². The molecule has 14 heteroatoms. The Bertz CT molecular complexity index is 2610. The van der Waals surface area contributed by atoms with Crippen molar-refractivity contribution in [1.29, 1.82) is 0 Å². The maximum absolute atomic E-state index is 15.4. The van der Waals surface area contributed by atoms with Gasteiger partial charge in [0.05, 0.1) is 34.9 Å². The van der Waals surface area contributed by atoms with E-state index in [9.17, 15) is 13.2 Å². The number of methoxy groups -OCH3 is 1. The molecule has 0 fully saturated rings. The molecular weight excluding hydrogens is 797 g/mol. The summed E-state index contributed by atoms with van der Waals surface area (Å²) < 4.78 is 55.6. The van der Waals surface area contributed by atoms with E-state index in [1.807, 2.05) is 25.1 Å². The van der Waals surface area contributed by atoms with Crippen LogP contribution in [0.15, 0.2) is 71.8 Å². The quantitative estimate of drug-likeness (QED) is 0.132. The standard InChI is InChI=1S/C46H56N4O8SSi/c1-26(2)60(27(3)4,28(5)6)58-36-24-30-20-23-35-41(50(46(11,12)56-35)44(52)57-45(8,9)10)37(30)42(51)40-39(36)47-38(43(48-40)55-13)33-25-49(34-17-15-14-16-32(33)34)59(53,54)31-21-18-29(7)19-22-31/h14-23,25-28,36H,24H2,1-13H3. The molecule has 0 bridgehead atoms. The Kier molecular flexibility index (Phi) is 10.9. The van der Waals surface area contributed by atoms with E-state index in [0.29, 0.717) is 33.5 Å². The van der Waals surface area contributed by atoms with Crippen molar-refractivity contribution in [3.8, 4) is 22.9 Å². The number of nitrogens with zero attached hydrogens (tertiary/aromatic N) is 4. The number of hydrogen-bond acceptors (Lipinski definition) is 10. The van der Waals surface area contributed by atoms with Crippen LogP contribution < -0.4 is 14.4 Å². The number of rotatable bonds is 9. The highest BCUT2D eigenvalue weighted by molar-refractivity contribution is 7.90. The minimum atomic E-state index is -4.06. The molecule has 3 heterocycles. The van der Waals surface area contributed by atoms with Crippen LogP contribution in [0.2, 0.25) is 16.6 Å². The number of hydrogen-bond donors (Lipinski definition) is 0. The number of amides is 1. The molecule has 12 nitrogen and oxygen atoms in total. The maximum atomic E-state index is 15.4. The predicted octanol–water partition coefficient (Wildman–Crippen LogP) is 10.5. The largest absolute Gasteiger partial charge is 0.479 e. The summed E-state index contributed by atoms with van der Waals surface area (Å²) in [5, 5.41) is 0.599. The second-order valence-electron chi connectivity index (χ2n) is 18.3. The fourth-order valence-corrected chi connectivity index (χ4v) is 16.1. The second kappa shape index (κ2) is 15.1. The Labute approximate surface area is 354 Å². The summed E-state index contributed by atoms with van der Waals surface area (Å²) in [4.78, 5) is 41.2. The van der Waals surface area contributed by atoms with Crippen LogP contribution >= 0.6 is 0 Å². The Morgan fingerprint density at radius 2 is 1.55 bits per heavy atom. The predicted molar refractivity (Wildman–Crippen MR) is 235 cm³/mol. The van der Waals surface area contributed by atoms with Gasteiger partial charge in [0.2, 0.25) is 20.0 Å². The summed E-state index contributed by atoms with van der Waals surface area (Å²) in [6, 6.07) is 17.5. The van der Waals surface area contributed by atoms with Crippen LogP contribution in [0.4, 0.5) is 10.5 Å². The van der Waals surface area contributed by atoms with Gasteiger partial charge < -0.3 is 18.6 Å². The van der Waals surface area contributed by atoms with Gasteiger partial charge in [-0.05, 0) is 88.0 Å². The second-order valence-corrected chi connectivity index (χ2v) is 25.5. The molecule has 7 rings (SSSR count). The first-order valence-corrected chi connectivity index (χ1v) is 24.1. The van der Waals surface area contributed by atoms with E-state index in [1.54, 1.807) is 83.3 Å². The fraction of sp³-hybridized carbons (Fsp3) is 0.435. The van der Waals surface area contributed by atoms with Crippen molar-refractivity contribution >= 4 is 46.8 Å². The van der Waals surface area contributed by atoms with E-state index in [1.165, 1.54) is 16.0 Å². The fourth-order valence-electron chi connectivity index (χ4n) is 9.21. The lowest BCUT2D eigenvalue weighted by Gasteiger charge is -2.44. The highest BCUT2D eigenvalue weighted by Crippen LogP contribution is 2.52. The summed E-state index contributed by atoms with van der Waals surface area (Å²) in [6.07, 6.45) is 0.359. The SMILES string of the molecule is COc1nc2c(nc1-c1cn(S(=O)(=O)c3ccc(C)cc3)c3ccccc13)C(O[Si](C(C)C)(C(C)C)C(C)C)Cc1ccc3c(c1C2=O)N(C(=O)OC(C)(C)C)C(C)(C)O3. The molecule has 2 aromatic heterocycles. The van der Waals surface area contributed by atoms with Gasteiger partial charge in [0.1, 0.15) is 28.4 Å². The van der Waals surface area contributed by atoms with Gasteiger partial charge in [0.15, 0.2) is 5.72 Å². The highest BCUT2D eigenvalue weighted by Gasteiger charge is 2.51. The van der Waals surface area contributed by atoms with Crippen molar-refractivity contribution < 1.29 is 36.6 Å². The van der Waals surface area contributed by atoms with Crippen molar-refractivity contribution in [2.75, 3.05) is 12.0 Å². The molecule has 0 spiro atoms.